The molecule has 0 spiro atoms. The van der Waals surface area contributed by atoms with Gasteiger partial charge in [0.2, 0.25) is 5.95 Å². The highest BCUT2D eigenvalue weighted by Gasteiger charge is 2.18. The van der Waals surface area contributed by atoms with Crippen LogP contribution in [0.4, 0.5) is 26.0 Å². The highest BCUT2D eigenvalue weighted by atomic mass is 35.5. The summed E-state index contributed by atoms with van der Waals surface area (Å²) >= 11 is 5.93. The Labute approximate surface area is 228 Å². The number of aromatic nitrogens is 3. The van der Waals surface area contributed by atoms with Crippen molar-refractivity contribution >= 4 is 45.6 Å². The lowest BCUT2D eigenvalue weighted by molar-refractivity contribution is 0.0358. The lowest BCUT2D eigenvalue weighted by Crippen LogP contribution is -2.37. The van der Waals surface area contributed by atoms with Crippen LogP contribution in [0, 0.1) is 11.8 Å². The van der Waals surface area contributed by atoms with Crippen molar-refractivity contribution in [3.05, 3.63) is 77.3 Å². The van der Waals surface area contributed by atoms with Gasteiger partial charge in [0.15, 0.2) is 0 Å². The van der Waals surface area contributed by atoms with E-state index in [9.17, 15) is 13.6 Å². The monoisotopic (exact) mass is 554 g/mol. The number of halogens is 3. The first-order valence-corrected chi connectivity index (χ1v) is 12.7. The molecule has 0 radical (unpaired) electrons. The van der Waals surface area contributed by atoms with Gasteiger partial charge in [0, 0.05) is 43.0 Å². The van der Waals surface area contributed by atoms with Gasteiger partial charge in [-0.1, -0.05) is 11.6 Å². The molecule has 2 aromatic heterocycles. The molecule has 0 saturated carbocycles. The second-order valence-corrected chi connectivity index (χ2v) is 9.20. The number of pyridine rings is 1. The SMILES string of the molecule is O=C(Nc1cc2c(Nc3ccc(F)c(Cl)c3)ncnc2cc1OCCCN1CCOCC1)c1cccnc1F. The molecule has 0 bridgehead atoms. The summed E-state index contributed by atoms with van der Waals surface area (Å²) in [6.07, 6.45) is 3.40. The van der Waals surface area contributed by atoms with Crippen molar-refractivity contribution in [2.24, 2.45) is 0 Å². The molecule has 202 valence electrons. The van der Waals surface area contributed by atoms with Crippen LogP contribution < -0.4 is 15.4 Å². The first-order chi connectivity index (χ1) is 19.0. The highest BCUT2D eigenvalue weighted by Crippen LogP contribution is 2.34. The number of rotatable bonds is 9. The third-order valence-corrected chi connectivity index (χ3v) is 6.44. The van der Waals surface area contributed by atoms with Gasteiger partial charge in [-0.15, -0.1) is 0 Å². The fourth-order valence-electron chi connectivity index (χ4n) is 4.15. The molecule has 9 nitrogen and oxygen atoms in total. The van der Waals surface area contributed by atoms with E-state index in [1.807, 2.05) is 0 Å². The van der Waals surface area contributed by atoms with E-state index in [0.717, 1.165) is 26.1 Å². The van der Waals surface area contributed by atoms with Crippen LogP contribution in [0.25, 0.3) is 10.9 Å². The number of nitrogens with one attached hydrogen (secondary N) is 2. The first-order valence-electron chi connectivity index (χ1n) is 12.3. The van der Waals surface area contributed by atoms with Gasteiger partial charge < -0.3 is 20.1 Å². The van der Waals surface area contributed by atoms with Gasteiger partial charge in [0.25, 0.3) is 5.91 Å². The number of morpholine rings is 1. The van der Waals surface area contributed by atoms with Gasteiger partial charge >= 0.3 is 0 Å². The van der Waals surface area contributed by atoms with Gasteiger partial charge in [-0.2, -0.15) is 4.39 Å². The molecule has 3 heterocycles. The van der Waals surface area contributed by atoms with Crippen molar-refractivity contribution in [1.82, 2.24) is 19.9 Å². The lowest BCUT2D eigenvalue weighted by atomic mass is 10.1. The average Bonchev–Trinajstić information content (AvgIpc) is 2.94. The molecule has 1 aliphatic rings. The second-order valence-electron chi connectivity index (χ2n) is 8.79. The fraction of sp³-hybridized carbons (Fsp3) is 0.259. The molecule has 1 amide bonds. The third kappa shape index (κ3) is 6.56. The van der Waals surface area contributed by atoms with Crippen LogP contribution in [0.15, 0.2) is 55.0 Å². The van der Waals surface area contributed by atoms with E-state index >= 15 is 0 Å². The number of amides is 1. The van der Waals surface area contributed by atoms with Gasteiger partial charge in [-0.25, -0.2) is 19.3 Å². The summed E-state index contributed by atoms with van der Waals surface area (Å²) in [6, 6.07) is 10.3. The minimum atomic E-state index is -0.886. The number of benzene rings is 2. The maximum atomic E-state index is 14.2. The predicted octanol–water partition coefficient (Wildman–Crippen LogP) is 5.05. The van der Waals surface area contributed by atoms with Gasteiger partial charge in [-0.3, -0.25) is 9.69 Å². The third-order valence-electron chi connectivity index (χ3n) is 6.15. The van der Waals surface area contributed by atoms with E-state index < -0.39 is 17.7 Å². The summed E-state index contributed by atoms with van der Waals surface area (Å²) < 4.78 is 39.3. The van der Waals surface area contributed by atoms with Gasteiger partial charge in [0.1, 0.15) is 23.7 Å². The maximum Gasteiger partial charge on any atom is 0.260 e. The molecule has 1 aliphatic heterocycles. The molecule has 4 aromatic rings. The smallest absolute Gasteiger partial charge is 0.260 e. The van der Waals surface area contributed by atoms with Crippen molar-refractivity contribution in [3.63, 3.8) is 0 Å². The summed E-state index contributed by atoms with van der Waals surface area (Å²) in [5.41, 5.74) is 1.14. The van der Waals surface area contributed by atoms with E-state index in [-0.39, 0.29) is 10.6 Å². The Morgan fingerprint density at radius 2 is 1.95 bits per heavy atom. The van der Waals surface area contributed by atoms with Crippen molar-refractivity contribution in [1.29, 1.82) is 0 Å². The maximum absolute atomic E-state index is 14.2. The Morgan fingerprint density at radius 1 is 1.10 bits per heavy atom. The second kappa shape index (κ2) is 12.3. The Hall–Kier alpha value is -3.93. The summed E-state index contributed by atoms with van der Waals surface area (Å²) in [5, 5.41) is 6.33. The molecule has 5 rings (SSSR count). The molecule has 1 saturated heterocycles. The van der Waals surface area contributed by atoms with E-state index in [1.165, 1.54) is 42.9 Å². The summed E-state index contributed by atoms with van der Waals surface area (Å²) in [6.45, 7) is 4.41. The molecule has 2 N–H and O–H groups in total. The van der Waals surface area contributed by atoms with Crippen molar-refractivity contribution in [2.45, 2.75) is 6.42 Å². The van der Waals surface area contributed by atoms with Gasteiger partial charge in [-0.05, 0) is 42.8 Å². The number of hydrogen-bond acceptors (Lipinski definition) is 8. The molecule has 2 aromatic carbocycles. The number of ether oxygens (including phenoxy) is 2. The summed E-state index contributed by atoms with van der Waals surface area (Å²) in [7, 11) is 0. The van der Waals surface area contributed by atoms with Crippen LogP contribution in [0.2, 0.25) is 5.02 Å². The van der Waals surface area contributed by atoms with E-state index in [0.29, 0.717) is 53.7 Å². The number of carbonyl (C=O) groups is 1. The van der Waals surface area contributed by atoms with Crippen LogP contribution in [0.1, 0.15) is 16.8 Å². The number of nitrogens with zero attached hydrogens (tertiary/aromatic N) is 4. The Kier molecular flexibility index (Phi) is 8.40. The normalized spacial score (nSPS) is 13.8. The Balaban J connectivity index is 1.43. The average molecular weight is 555 g/mol. The standard InChI is InChI=1S/C27H25ClF2N6O3/c28-20-13-17(4-5-21(20)29)34-26-19-14-23(35-27(37)18-3-1-6-31-25(18)30)24(15-22(19)32-16-33-26)39-10-2-7-36-8-11-38-12-9-36/h1,3-6,13-16H,2,7-12H2,(H,35,37)(H,32,33,34). The van der Waals surface area contributed by atoms with Crippen LogP contribution in [-0.4, -0.2) is 65.2 Å². The first kappa shape index (κ1) is 26.7. The van der Waals surface area contributed by atoms with E-state index in [1.54, 1.807) is 12.1 Å². The number of fused-ring (bicyclic) bond motifs is 1. The minimum absolute atomic E-state index is 0.0439. The minimum Gasteiger partial charge on any atom is -0.491 e. The predicted molar refractivity (Wildman–Crippen MR) is 144 cm³/mol. The Bertz CT molecular complexity index is 1490. The molecular formula is C27H25ClF2N6O3. The highest BCUT2D eigenvalue weighted by molar-refractivity contribution is 6.31. The topological polar surface area (TPSA) is 102 Å². The molecule has 0 unspecified atom stereocenters. The zero-order valence-electron chi connectivity index (χ0n) is 20.8. The quantitative estimate of drug-likeness (QED) is 0.219. The zero-order valence-corrected chi connectivity index (χ0v) is 21.5. The summed E-state index contributed by atoms with van der Waals surface area (Å²) in [4.78, 5) is 27.4. The molecular weight excluding hydrogens is 530 g/mol. The van der Waals surface area contributed by atoms with Gasteiger partial charge in [0.05, 0.1) is 41.6 Å². The number of carbonyl (C=O) groups excluding carboxylic acids is 1. The number of anilines is 3. The molecule has 1 fully saturated rings. The molecule has 39 heavy (non-hydrogen) atoms. The zero-order chi connectivity index (χ0) is 27.2. The number of hydrogen-bond donors (Lipinski definition) is 2. The fourth-order valence-corrected chi connectivity index (χ4v) is 4.33. The van der Waals surface area contributed by atoms with Crippen molar-refractivity contribution in [2.75, 3.05) is 50.1 Å². The summed E-state index contributed by atoms with van der Waals surface area (Å²) in [5.74, 6) is -1.35. The van der Waals surface area contributed by atoms with E-state index in [4.69, 9.17) is 21.1 Å². The molecule has 12 heteroatoms. The van der Waals surface area contributed by atoms with Crippen molar-refractivity contribution in [3.8, 4) is 5.75 Å². The van der Waals surface area contributed by atoms with Crippen LogP contribution in [0.3, 0.4) is 0 Å². The Morgan fingerprint density at radius 3 is 2.74 bits per heavy atom. The van der Waals surface area contributed by atoms with Crippen molar-refractivity contribution < 1.29 is 23.0 Å². The molecule has 0 aliphatic carbocycles. The lowest BCUT2D eigenvalue weighted by Gasteiger charge is -2.26. The van der Waals surface area contributed by atoms with Crippen LogP contribution >= 0.6 is 11.6 Å². The molecule has 0 atom stereocenters. The van der Waals surface area contributed by atoms with E-state index in [2.05, 4.69) is 30.5 Å². The van der Waals surface area contributed by atoms with Crippen LogP contribution in [0.5, 0.6) is 5.75 Å². The van der Waals surface area contributed by atoms with Crippen LogP contribution in [-0.2, 0) is 4.74 Å². The largest absolute Gasteiger partial charge is 0.491 e.